The molecule has 2 rings (SSSR count). The van der Waals surface area contributed by atoms with E-state index in [0.717, 1.165) is 11.1 Å². The highest BCUT2D eigenvalue weighted by atomic mass is 19.1. The number of aliphatic imine (C=N–C) groups is 1. The van der Waals surface area contributed by atoms with Gasteiger partial charge in [0.1, 0.15) is 11.5 Å². The van der Waals surface area contributed by atoms with Gasteiger partial charge in [-0.05, 0) is 23.3 Å². The highest BCUT2D eigenvalue weighted by molar-refractivity contribution is 5.66. The summed E-state index contributed by atoms with van der Waals surface area (Å²) in [5.41, 5.74) is 1.68. The van der Waals surface area contributed by atoms with Crippen LogP contribution in [0.5, 0.6) is 0 Å². The maximum absolute atomic E-state index is 13.5. The molecule has 78 valence electrons. The third-order valence-corrected chi connectivity index (χ3v) is 2.22. The van der Waals surface area contributed by atoms with Crippen LogP contribution in [0.4, 0.5) is 10.1 Å². The first kappa shape index (κ1) is 10.3. The number of hydrogen-bond donors (Lipinski definition) is 0. The molecule has 0 spiro atoms. The van der Waals surface area contributed by atoms with Crippen LogP contribution in [0, 0.1) is 5.82 Å². The van der Waals surface area contributed by atoms with Gasteiger partial charge in [-0.1, -0.05) is 36.4 Å². The molecule has 0 heterocycles. The maximum atomic E-state index is 13.5. The van der Waals surface area contributed by atoms with Crippen molar-refractivity contribution in [1.82, 2.24) is 0 Å². The molecule has 0 saturated carbocycles. The standard InChI is InChI=1S/C13H8FNO/c14-12-8-11(6-7-13(12)15-9-16)10-4-2-1-3-5-10/h1-8H. The highest BCUT2D eigenvalue weighted by Crippen LogP contribution is 2.25. The lowest BCUT2D eigenvalue weighted by molar-refractivity contribution is 0.564. The summed E-state index contributed by atoms with van der Waals surface area (Å²) in [6.07, 6.45) is 1.32. The first-order valence-corrected chi connectivity index (χ1v) is 4.74. The molecule has 16 heavy (non-hydrogen) atoms. The van der Waals surface area contributed by atoms with Crippen molar-refractivity contribution >= 4 is 11.8 Å². The Morgan fingerprint density at radius 2 is 1.75 bits per heavy atom. The summed E-state index contributed by atoms with van der Waals surface area (Å²) in [5, 5.41) is 0. The zero-order valence-corrected chi connectivity index (χ0v) is 8.35. The van der Waals surface area contributed by atoms with E-state index in [1.54, 1.807) is 6.07 Å². The van der Waals surface area contributed by atoms with Gasteiger partial charge in [0.25, 0.3) is 0 Å². The summed E-state index contributed by atoms with van der Waals surface area (Å²) in [6.45, 7) is 0. The van der Waals surface area contributed by atoms with E-state index in [0.29, 0.717) is 0 Å². The molecule has 0 aromatic heterocycles. The third-order valence-electron chi connectivity index (χ3n) is 2.22. The van der Waals surface area contributed by atoms with E-state index in [-0.39, 0.29) is 5.69 Å². The maximum Gasteiger partial charge on any atom is 0.240 e. The summed E-state index contributed by atoms with van der Waals surface area (Å²) in [5.74, 6) is -0.523. The van der Waals surface area contributed by atoms with Crippen molar-refractivity contribution in [3.05, 3.63) is 54.3 Å². The molecule has 0 aliphatic carbocycles. The van der Waals surface area contributed by atoms with E-state index in [4.69, 9.17) is 0 Å². The molecule has 0 N–H and O–H groups in total. The highest BCUT2D eigenvalue weighted by Gasteiger charge is 2.03. The van der Waals surface area contributed by atoms with Gasteiger partial charge in [0.15, 0.2) is 0 Å². The lowest BCUT2D eigenvalue weighted by Crippen LogP contribution is -1.80. The molecular weight excluding hydrogens is 205 g/mol. The van der Waals surface area contributed by atoms with Gasteiger partial charge in [0, 0.05) is 0 Å². The number of halogens is 1. The number of nitrogens with zero attached hydrogens (tertiary/aromatic N) is 1. The van der Waals surface area contributed by atoms with Crippen LogP contribution in [0.3, 0.4) is 0 Å². The minimum Gasteiger partial charge on any atom is -0.211 e. The van der Waals surface area contributed by atoms with Crippen molar-refractivity contribution in [2.24, 2.45) is 4.99 Å². The zero-order valence-electron chi connectivity index (χ0n) is 8.35. The summed E-state index contributed by atoms with van der Waals surface area (Å²) < 4.78 is 13.5. The van der Waals surface area contributed by atoms with E-state index >= 15 is 0 Å². The molecule has 0 fully saturated rings. The third kappa shape index (κ3) is 2.05. The van der Waals surface area contributed by atoms with E-state index in [9.17, 15) is 9.18 Å². The Labute approximate surface area is 92.1 Å². The van der Waals surface area contributed by atoms with Crippen LogP contribution in [0.15, 0.2) is 53.5 Å². The van der Waals surface area contributed by atoms with Crippen LogP contribution in [-0.2, 0) is 4.79 Å². The van der Waals surface area contributed by atoms with Crippen molar-refractivity contribution < 1.29 is 9.18 Å². The van der Waals surface area contributed by atoms with Gasteiger partial charge in [-0.2, -0.15) is 4.99 Å². The molecule has 3 heteroatoms. The minimum absolute atomic E-state index is 0.00896. The fourth-order valence-corrected chi connectivity index (χ4v) is 1.46. The summed E-state index contributed by atoms with van der Waals surface area (Å²) >= 11 is 0. The second-order valence-corrected chi connectivity index (χ2v) is 3.24. The average molecular weight is 213 g/mol. The number of rotatable bonds is 2. The van der Waals surface area contributed by atoms with Crippen molar-refractivity contribution in [3.8, 4) is 11.1 Å². The van der Waals surface area contributed by atoms with Crippen molar-refractivity contribution in [2.75, 3.05) is 0 Å². The SMILES string of the molecule is O=C=Nc1ccc(-c2ccccc2)cc1F. The Kier molecular flexibility index (Phi) is 2.90. The summed E-state index contributed by atoms with van der Waals surface area (Å²) in [6, 6.07) is 14.0. The lowest BCUT2D eigenvalue weighted by atomic mass is 10.1. The molecule has 0 amide bonds. The van der Waals surface area contributed by atoms with Crippen molar-refractivity contribution in [2.45, 2.75) is 0 Å². The monoisotopic (exact) mass is 213 g/mol. The van der Waals surface area contributed by atoms with Crippen LogP contribution in [0.2, 0.25) is 0 Å². The van der Waals surface area contributed by atoms with Gasteiger partial charge in [-0.3, -0.25) is 0 Å². The van der Waals surface area contributed by atoms with Gasteiger partial charge >= 0.3 is 0 Å². The van der Waals surface area contributed by atoms with Crippen LogP contribution in [-0.4, -0.2) is 6.08 Å². The van der Waals surface area contributed by atoms with Crippen LogP contribution in [0.25, 0.3) is 11.1 Å². The number of hydrogen-bond acceptors (Lipinski definition) is 2. The number of isocyanates is 1. The predicted octanol–water partition coefficient (Wildman–Crippen LogP) is 3.46. The second kappa shape index (κ2) is 4.51. The molecule has 2 nitrogen and oxygen atoms in total. The molecule has 2 aromatic carbocycles. The topological polar surface area (TPSA) is 29.4 Å². The Morgan fingerprint density at radius 1 is 1.00 bits per heavy atom. The molecule has 0 radical (unpaired) electrons. The minimum atomic E-state index is -0.523. The molecule has 0 aliphatic heterocycles. The zero-order chi connectivity index (χ0) is 11.4. The van der Waals surface area contributed by atoms with E-state index in [1.807, 2.05) is 30.3 Å². The smallest absolute Gasteiger partial charge is 0.211 e. The van der Waals surface area contributed by atoms with Crippen molar-refractivity contribution in [3.63, 3.8) is 0 Å². The van der Waals surface area contributed by atoms with Gasteiger partial charge in [0.2, 0.25) is 6.08 Å². The molecule has 2 aromatic rings. The fraction of sp³-hybridized carbons (Fsp3) is 0. The van der Waals surface area contributed by atoms with Gasteiger partial charge in [-0.15, -0.1) is 0 Å². The lowest BCUT2D eigenvalue weighted by Gasteiger charge is -2.02. The first-order chi connectivity index (χ1) is 7.81. The van der Waals surface area contributed by atoms with Crippen LogP contribution in [0.1, 0.15) is 0 Å². The molecule has 0 aliphatic rings. The molecule has 0 bridgehead atoms. The molecular formula is C13H8FNO. The summed E-state index contributed by atoms with van der Waals surface area (Å²) in [7, 11) is 0. The first-order valence-electron chi connectivity index (χ1n) is 4.74. The van der Waals surface area contributed by atoms with E-state index < -0.39 is 5.82 Å². The van der Waals surface area contributed by atoms with Crippen LogP contribution >= 0.6 is 0 Å². The average Bonchev–Trinajstić information content (AvgIpc) is 2.33. The second-order valence-electron chi connectivity index (χ2n) is 3.24. The molecule has 0 atom stereocenters. The van der Waals surface area contributed by atoms with E-state index in [2.05, 4.69) is 4.99 Å². The van der Waals surface area contributed by atoms with Crippen molar-refractivity contribution in [1.29, 1.82) is 0 Å². The predicted molar refractivity (Wildman–Crippen MR) is 59.6 cm³/mol. The Hall–Kier alpha value is -2.25. The molecule has 0 unspecified atom stereocenters. The Bertz CT molecular complexity index is 545. The summed E-state index contributed by atoms with van der Waals surface area (Å²) in [4.78, 5) is 13.3. The largest absolute Gasteiger partial charge is 0.240 e. The molecule has 0 saturated heterocycles. The number of benzene rings is 2. The quantitative estimate of drug-likeness (QED) is 0.554. The normalized spacial score (nSPS) is 9.56. The van der Waals surface area contributed by atoms with Gasteiger partial charge < -0.3 is 0 Å². The Balaban J connectivity index is 2.46. The number of carbonyl (C=O) groups excluding carboxylic acids is 1. The fourth-order valence-electron chi connectivity index (χ4n) is 1.46. The van der Waals surface area contributed by atoms with Gasteiger partial charge in [0.05, 0.1) is 0 Å². The van der Waals surface area contributed by atoms with Crippen LogP contribution < -0.4 is 0 Å². The Morgan fingerprint density at radius 3 is 2.38 bits per heavy atom. The van der Waals surface area contributed by atoms with E-state index in [1.165, 1.54) is 18.2 Å². The van der Waals surface area contributed by atoms with Gasteiger partial charge in [-0.25, -0.2) is 9.18 Å².